The first-order valence-electron chi connectivity index (χ1n) is 8.77. The molecule has 148 valence electrons. The van der Waals surface area contributed by atoms with Gasteiger partial charge in [-0.05, 0) is 43.7 Å². The van der Waals surface area contributed by atoms with Crippen LogP contribution < -0.4 is 4.74 Å². The van der Waals surface area contributed by atoms with Gasteiger partial charge in [0.1, 0.15) is 11.3 Å². The lowest BCUT2D eigenvalue weighted by Crippen LogP contribution is -2.18. The van der Waals surface area contributed by atoms with Crippen LogP contribution in [-0.2, 0) is 4.74 Å². The van der Waals surface area contributed by atoms with Crippen molar-refractivity contribution in [2.45, 2.75) is 26.7 Å². The number of rotatable bonds is 9. The molecule has 28 heavy (non-hydrogen) atoms. The quantitative estimate of drug-likeness (QED) is 0.348. The molecule has 0 bridgehead atoms. The number of hydrogen-bond donors (Lipinski definition) is 1. The molecule has 0 aliphatic carbocycles. The van der Waals surface area contributed by atoms with Gasteiger partial charge in [0, 0.05) is 10.0 Å². The summed E-state index contributed by atoms with van der Waals surface area (Å²) in [5.74, 6) is -2.87. The van der Waals surface area contributed by atoms with Gasteiger partial charge in [0.2, 0.25) is 11.7 Å². The van der Waals surface area contributed by atoms with Crippen molar-refractivity contribution in [3.63, 3.8) is 0 Å². The predicted octanol–water partition coefficient (Wildman–Crippen LogP) is 4.13. The molecule has 0 aliphatic heterocycles. The lowest BCUT2D eigenvalue weighted by atomic mass is 10.0. The van der Waals surface area contributed by atoms with Gasteiger partial charge in [-0.2, -0.15) is 0 Å². The van der Waals surface area contributed by atoms with E-state index in [2.05, 4.69) is 20.9 Å². The number of carboxylic acid groups (broad SMARTS) is 1. The molecule has 1 aromatic carbocycles. The fourth-order valence-electron chi connectivity index (χ4n) is 2.35. The zero-order valence-electron chi connectivity index (χ0n) is 15.5. The second-order valence-electron chi connectivity index (χ2n) is 5.80. The highest BCUT2D eigenvalue weighted by molar-refractivity contribution is 9.10. The highest BCUT2D eigenvalue weighted by atomic mass is 79.9. The summed E-state index contributed by atoms with van der Waals surface area (Å²) in [5, 5.41) is 9.47. The Morgan fingerprint density at radius 1 is 1.11 bits per heavy atom. The number of nitrogens with zero attached hydrogens (tertiary/aromatic N) is 1. The molecule has 0 atom stereocenters. The van der Waals surface area contributed by atoms with Crippen LogP contribution in [0.2, 0.25) is 0 Å². The molecule has 0 spiro atoms. The number of carbonyl (C=O) groups excluding carboxylic acids is 2. The van der Waals surface area contributed by atoms with Gasteiger partial charge in [0.25, 0.3) is 0 Å². The van der Waals surface area contributed by atoms with Gasteiger partial charge in [-0.15, -0.1) is 0 Å². The normalized spacial score (nSPS) is 10.4. The Morgan fingerprint density at radius 2 is 1.79 bits per heavy atom. The Balaban J connectivity index is 2.59. The third-order valence-electron chi connectivity index (χ3n) is 3.77. The molecule has 8 heteroatoms. The second-order valence-corrected chi connectivity index (χ2v) is 6.72. The zero-order chi connectivity index (χ0) is 20.7. The molecule has 0 unspecified atom stereocenters. The maximum atomic E-state index is 13.0. The topological polar surface area (TPSA) is 103 Å². The van der Waals surface area contributed by atoms with Gasteiger partial charge in [0.05, 0.1) is 18.8 Å². The number of hydrogen-bond acceptors (Lipinski definition) is 6. The molecule has 0 aliphatic rings. The van der Waals surface area contributed by atoms with Crippen molar-refractivity contribution in [3.05, 3.63) is 57.2 Å². The van der Waals surface area contributed by atoms with Crippen LogP contribution in [0.5, 0.6) is 5.88 Å². The minimum absolute atomic E-state index is 0.0713. The first-order valence-corrected chi connectivity index (χ1v) is 9.56. The molecule has 7 nitrogen and oxygen atoms in total. The van der Waals surface area contributed by atoms with Gasteiger partial charge in [-0.3, -0.25) is 4.79 Å². The number of esters is 1. The van der Waals surface area contributed by atoms with Crippen LogP contribution in [0.15, 0.2) is 34.8 Å². The van der Waals surface area contributed by atoms with Crippen LogP contribution in [0, 0.1) is 0 Å². The minimum atomic E-state index is -1.31. The molecule has 0 amide bonds. The van der Waals surface area contributed by atoms with Gasteiger partial charge in [-0.1, -0.05) is 29.3 Å². The van der Waals surface area contributed by atoms with Crippen LogP contribution in [-0.4, -0.2) is 41.0 Å². The molecule has 1 heterocycles. The Labute approximate surface area is 170 Å². The Hall–Kier alpha value is -2.74. The third-order valence-corrected chi connectivity index (χ3v) is 4.30. The van der Waals surface area contributed by atoms with E-state index in [1.807, 2.05) is 6.92 Å². The average Bonchev–Trinajstić information content (AvgIpc) is 2.67. The molecule has 2 aromatic rings. The minimum Gasteiger partial charge on any atom is -0.477 e. The monoisotopic (exact) mass is 449 g/mol. The van der Waals surface area contributed by atoms with Crippen LogP contribution in [0.4, 0.5) is 0 Å². The average molecular weight is 450 g/mol. The highest BCUT2D eigenvalue weighted by Crippen LogP contribution is 2.24. The molecular formula is C20H20BrNO6. The number of benzene rings is 1. The third kappa shape index (κ3) is 5.16. The van der Waals surface area contributed by atoms with Crippen molar-refractivity contribution in [1.29, 1.82) is 0 Å². The van der Waals surface area contributed by atoms with Crippen LogP contribution >= 0.6 is 15.9 Å². The van der Waals surface area contributed by atoms with E-state index >= 15 is 0 Å². The van der Waals surface area contributed by atoms with Gasteiger partial charge >= 0.3 is 11.9 Å². The van der Waals surface area contributed by atoms with Crippen molar-refractivity contribution < 1.29 is 29.0 Å². The lowest BCUT2D eigenvalue weighted by molar-refractivity contribution is 0.0522. The number of halogens is 1. The fraction of sp³-hybridized carbons (Fsp3) is 0.300. The number of carbonyl (C=O) groups is 3. The van der Waals surface area contributed by atoms with Crippen LogP contribution in [0.3, 0.4) is 0 Å². The van der Waals surface area contributed by atoms with Crippen molar-refractivity contribution >= 4 is 33.7 Å². The number of aromatic nitrogens is 1. The summed E-state index contributed by atoms with van der Waals surface area (Å²) in [4.78, 5) is 41.0. The lowest BCUT2D eigenvalue weighted by Gasteiger charge is -2.13. The summed E-state index contributed by atoms with van der Waals surface area (Å²) < 4.78 is 11.2. The van der Waals surface area contributed by atoms with E-state index in [1.54, 1.807) is 31.2 Å². The maximum absolute atomic E-state index is 13.0. The number of carboxylic acids is 1. The zero-order valence-corrected chi connectivity index (χ0v) is 17.1. The first kappa shape index (κ1) is 21.6. The number of ketones is 1. The van der Waals surface area contributed by atoms with Gasteiger partial charge < -0.3 is 14.6 Å². The summed E-state index contributed by atoms with van der Waals surface area (Å²) in [5.41, 5.74) is -0.428. The summed E-state index contributed by atoms with van der Waals surface area (Å²) in [7, 11) is 0. The molecule has 0 saturated heterocycles. The number of pyridine rings is 1. The van der Waals surface area contributed by atoms with Crippen molar-refractivity contribution in [2.75, 3.05) is 13.2 Å². The van der Waals surface area contributed by atoms with Crippen molar-refractivity contribution in [2.24, 2.45) is 0 Å². The highest BCUT2D eigenvalue weighted by Gasteiger charge is 2.27. The Kier molecular flexibility index (Phi) is 7.69. The number of ether oxygens (including phenoxy) is 2. The Morgan fingerprint density at radius 3 is 2.36 bits per heavy atom. The summed E-state index contributed by atoms with van der Waals surface area (Å²) in [6.45, 7) is 3.89. The molecule has 1 aromatic heterocycles. The van der Waals surface area contributed by atoms with Gasteiger partial charge in [0.15, 0.2) is 0 Å². The van der Waals surface area contributed by atoms with Crippen LogP contribution in [0.25, 0.3) is 0 Å². The molecule has 0 saturated carbocycles. The van der Waals surface area contributed by atoms with Crippen molar-refractivity contribution in [3.8, 4) is 5.88 Å². The first-order chi connectivity index (χ1) is 13.4. The van der Waals surface area contributed by atoms with E-state index in [1.165, 1.54) is 0 Å². The molecular weight excluding hydrogens is 430 g/mol. The standard InChI is InChI=1S/C20H20BrNO6/c1-3-5-10-28-18-15(19(24)25)11-14(20(26)27-4-2)16(22-18)17(23)12-6-8-13(21)9-7-12/h6-9,11H,3-5,10H2,1-2H3,(H,24,25). The second kappa shape index (κ2) is 9.98. The summed E-state index contributed by atoms with van der Waals surface area (Å²) >= 11 is 3.30. The van der Waals surface area contributed by atoms with Crippen LogP contribution in [0.1, 0.15) is 63.5 Å². The van der Waals surface area contributed by atoms with E-state index in [9.17, 15) is 19.5 Å². The maximum Gasteiger partial charge on any atom is 0.341 e. The van der Waals surface area contributed by atoms with E-state index in [0.717, 1.165) is 17.0 Å². The van der Waals surface area contributed by atoms with Gasteiger partial charge in [-0.25, -0.2) is 14.6 Å². The molecule has 2 rings (SSSR count). The largest absolute Gasteiger partial charge is 0.477 e. The van der Waals surface area contributed by atoms with E-state index in [-0.39, 0.29) is 35.9 Å². The molecule has 1 N–H and O–H groups in total. The number of unbranched alkanes of at least 4 members (excludes halogenated alkanes) is 1. The fourth-order valence-corrected chi connectivity index (χ4v) is 2.61. The number of aromatic carboxylic acids is 1. The summed E-state index contributed by atoms with van der Waals surface area (Å²) in [6.07, 6.45) is 1.53. The van der Waals surface area contributed by atoms with E-state index < -0.39 is 17.7 Å². The van der Waals surface area contributed by atoms with E-state index in [0.29, 0.717) is 12.0 Å². The SMILES string of the molecule is CCCCOc1nc(C(=O)c2ccc(Br)cc2)c(C(=O)OCC)cc1C(=O)O. The predicted molar refractivity (Wildman–Crippen MR) is 105 cm³/mol. The smallest absolute Gasteiger partial charge is 0.341 e. The van der Waals surface area contributed by atoms with E-state index in [4.69, 9.17) is 9.47 Å². The summed E-state index contributed by atoms with van der Waals surface area (Å²) in [6, 6.07) is 7.60. The molecule has 0 fully saturated rings. The molecule has 0 radical (unpaired) electrons. The van der Waals surface area contributed by atoms with Crippen molar-refractivity contribution in [1.82, 2.24) is 4.98 Å². The Bertz CT molecular complexity index is 879.